The lowest BCUT2D eigenvalue weighted by Crippen LogP contribution is -2.48. The molecule has 0 spiro atoms. The molecule has 23 heavy (non-hydrogen) atoms. The quantitative estimate of drug-likeness (QED) is 0.447. The van der Waals surface area contributed by atoms with Crippen LogP contribution in [0.25, 0.3) is 16.8 Å². The molecule has 7 heteroatoms. The number of amides is 2. The standard InChI is InChI=1S/C16H15N3O3S/c1-22-16(21)19-18-15(23)17-14(20)10-9-12-7-4-6-11-5-2-3-8-13(11)12/h2-10H,1H3,(H,19,21)(H2,17,18,20,23)/b10-9+. The number of hydrogen-bond donors (Lipinski definition) is 3. The number of thiocarbonyl (C=S) groups is 1. The number of carbonyl (C=O) groups is 2. The van der Waals surface area contributed by atoms with Crippen LogP contribution in [-0.4, -0.2) is 24.2 Å². The molecule has 0 aliphatic heterocycles. The minimum atomic E-state index is -0.715. The lowest BCUT2D eigenvalue weighted by molar-refractivity contribution is -0.115. The van der Waals surface area contributed by atoms with Gasteiger partial charge < -0.3 is 4.74 Å². The van der Waals surface area contributed by atoms with Gasteiger partial charge in [-0.2, -0.15) is 0 Å². The van der Waals surface area contributed by atoms with Gasteiger partial charge in [-0.15, -0.1) is 0 Å². The summed E-state index contributed by atoms with van der Waals surface area (Å²) in [6.07, 6.45) is 2.36. The van der Waals surface area contributed by atoms with Gasteiger partial charge in [0, 0.05) is 6.08 Å². The molecule has 2 rings (SSSR count). The van der Waals surface area contributed by atoms with Gasteiger partial charge in [-0.05, 0) is 34.6 Å². The molecule has 0 heterocycles. The molecule has 2 aromatic carbocycles. The van der Waals surface area contributed by atoms with Crippen LogP contribution >= 0.6 is 12.2 Å². The van der Waals surface area contributed by atoms with Gasteiger partial charge in [0.05, 0.1) is 7.11 Å². The predicted octanol–water partition coefficient (Wildman–Crippen LogP) is 2.11. The molecule has 0 unspecified atom stereocenters. The van der Waals surface area contributed by atoms with Crippen molar-refractivity contribution in [3.8, 4) is 0 Å². The lowest BCUT2D eigenvalue weighted by Gasteiger charge is -2.08. The zero-order valence-electron chi connectivity index (χ0n) is 12.3. The minimum Gasteiger partial charge on any atom is -0.452 e. The third kappa shape index (κ3) is 4.79. The molecule has 0 radical (unpaired) electrons. The summed E-state index contributed by atoms with van der Waals surface area (Å²) >= 11 is 4.86. The van der Waals surface area contributed by atoms with Gasteiger partial charge in [0.2, 0.25) is 5.91 Å². The fraction of sp³-hybridized carbons (Fsp3) is 0.0625. The third-order valence-corrected chi connectivity index (χ3v) is 3.14. The highest BCUT2D eigenvalue weighted by Crippen LogP contribution is 2.19. The third-order valence-electron chi connectivity index (χ3n) is 2.94. The van der Waals surface area contributed by atoms with E-state index in [0.29, 0.717) is 0 Å². The van der Waals surface area contributed by atoms with Crippen LogP contribution in [0.3, 0.4) is 0 Å². The number of hydrazine groups is 1. The Labute approximate surface area is 138 Å². The molecule has 0 atom stereocenters. The average molecular weight is 329 g/mol. The fourth-order valence-corrected chi connectivity index (χ4v) is 2.06. The van der Waals surface area contributed by atoms with Gasteiger partial charge in [-0.25, -0.2) is 10.2 Å². The van der Waals surface area contributed by atoms with Crippen molar-refractivity contribution >= 4 is 46.2 Å². The highest BCUT2D eigenvalue weighted by atomic mass is 32.1. The maximum Gasteiger partial charge on any atom is 0.425 e. The van der Waals surface area contributed by atoms with E-state index in [9.17, 15) is 9.59 Å². The van der Waals surface area contributed by atoms with E-state index in [4.69, 9.17) is 12.2 Å². The largest absolute Gasteiger partial charge is 0.452 e. The minimum absolute atomic E-state index is 0.0389. The first-order chi connectivity index (χ1) is 11.1. The van der Waals surface area contributed by atoms with Crippen LogP contribution in [-0.2, 0) is 9.53 Å². The van der Waals surface area contributed by atoms with Crippen LogP contribution in [0.2, 0.25) is 0 Å². The molecule has 0 aliphatic rings. The van der Waals surface area contributed by atoms with E-state index in [1.165, 1.54) is 13.2 Å². The Kier molecular flexibility index (Phi) is 5.65. The average Bonchev–Trinajstić information content (AvgIpc) is 2.57. The molecule has 3 N–H and O–H groups in total. The fourth-order valence-electron chi connectivity index (χ4n) is 1.90. The summed E-state index contributed by atoms with van der Waals surface area (Å²) in [7, 11) is 1.21. The summed E-state index contributed by atoms with van der Waals surface area (Å²) in [6.45, 7) is 0. The predicted molar refractivity (Wildman–Crippen MR) is 92.4 cm³/mol. The molecular formula is C16H15N3O3S. The van der Waals surface area contributed by atoms with Crippen LogP contribution in [0.15, 0.2) is 48.5 Å². The zero-order chi connectivity index (χ0) is 16.7. The summed E-state index contributed by atoms with van der Waals surface area (Å²) in [5.41, 5.74) is 5.40. The molecule has 6 nitrogen and oxygen atoms in total. The number of methoxy groups -OCH3 is 1. The maximum absolute atomic E-state index is 11.8. The van der Waals surface area contributed by atoms with Gasteiger partial charge in [0.1, 0.15) is 0 Å². The summed E-state index contributed by atoms with van der Waals surface area (Å²) in [5.74, 6) is -0.415. The van der Waals surface area contributed by atoms with E-state index in [1.54, 1.807) is 6.08 Å². The number of carbonyl (C=O) groups excluding carboxylic acids is 2. The first-order valence-electron chi connectivity index (χ1n) is 6.71. The van der Waals surface area contributed by atoms with E-state index in [0.717, 1.165) is 16.3 Å². The molecule has 0 aliphatic carbocycles. The molecule has 0 bridgehead atoms. The van der Waals surface area contributed by atoms with Crippen LogP contribution in [0.5, 0.6) is 0 Å². The Morgan fingerprint density at radius 3 is 2.61 bits per heavy atom. The van der Waals surface area contributed by atoms with Crippen LogP contribution < -0.4 is 16.2 Å². The summed E-state index contributed by atoms with van der Waals surface area (Å²) in [5, 5.41) is 4.50. The van der Waals surface area contributed by atoms with Gasteiger partial charge in [0.15, 0.2) is 5.11 Å². The smallest absolute Gasteiger partial charge is 0.425 e. The Bertz CT molecular complexity index is 769. The van der Waals surface area contributed by atoms with E-state index in [-0.39, 0.29) is 5.11 Å². The second-order valence-electron chi connectivity index (χ2n) is 4.46. The van der Waals surface area contributed by atoms with E-state index in [2.05, 4.69) is 20.9 Å². The summed E-state index contributed by atoms with van der Waals surface area (Å²) in [6, 6.07) is 13.7. The van der Waals surface area contributed by atoms with Crippen LogP contribution in [0, 0.1) is 0 Å². The second kappa shape index (κ2) is 7.90. The van der Waals surface area contributed by atoms with Crippen LogP contribution in [0.4, 0.5) is 4.79 Å². The normalized spacial score (nSPS) is 10.3. The van der Waals surface area contributed by atoms with Crippen molar-refractivity contribution in [2.45, 2.75) is 0 Å². The lowest BCUT2D eigenvalue weighted by atomic mass is 10.0. The highest BCUT2D eigenvalue weighted by Gasteiger charge is 2.03. The van der Waals surface area contributed by atoms with Crippen LogP contribution in [0.1, 0.15) is 5.56 Å². The Morgan fingerprint density at radius 1 is 1.09 bits per heavy atom. The van der Waals surface area contributed by atoms with Crippen molar-refractivity contribution in [2.75, 3.05) is 7.11 Å². The molecule has 0 fully saturated rings. The molecule has 2 amide bonds. The Balaban J connectivity index is 1.98. The second-order valence-corrected chi connectivity index (χ2v) is 4.87. The van der Waals surface area contributed by atoms with Crippen molar-refractivity contribution in [1.82, 2.24) is 16.2 Å². The van der Waals surface area contributed by atoms with Crippen molar-refractivity contribution in [2.24, 2.45) is 0 Å². The molecule has 0 saturated carbocycles. The number of nitrogens with one attached hydrogen (secondary N) is 3. The molecule has 0 saturated heterocycles. The monoisotopic (exact) mass is 329 g/mol. The SMILES string of the molecule is COC(=O)NNC(=S)NC(=O)/C=C/c1cccc2ccccc12. The highest BCUT2D eigenvalue weighted by molar-refractivity contribution is 7.80. The number of hydrogen-bond acceptors (Lipinski definition) is 4. The number of ether oxygens (including phenoxy) is 1. The first-order valence-corrected chi connectivity index (χ1v) is 7.12. The van der Waals surface area contributed by atoms with E-state index >= 15 is 0 Å². The van der Waals surface area contributed by atoms with Gasteiger partial charge >= 0.3 is 6.09 Å². The molecular weight excluding hydrogens is 314 g/mol. The summed E-state index contributed by atoms with van der Waals surface area (Å²) < 4.78 is 4.35. The van der Waals surface area contributed by atoms with Crippen molar-refractivity contribution < 1.29 is 14.3 Å². The molecule has 118 valence electrons. The number of benzene rings is 2. The Hall–Kier alpha value is -2.93. The van der Waals surface area contributed by atoms with E-state index in [1.807, 2.05) is 42.5 Å². The van der Waals surface area contributed by atoms with Gasteiger partial charge in [0.25, 0.3) is 0 Å². The van der Waals surface area contributed by atoms with Crippen molar-refractivity contribution in [1.29, 1.82) is 0 Å². The van der Waals surface area contributed by atoms with E-state index < -0.39 is 12.0 Å². The Morgan fingerprint density at radius 2 is 1.83 bits per heavy atom. The number of rotatable bonds is 2. The molecule has 0 aromatic heterocycles. The summed E-state index contributed by atoms with van der Waals surface area (Å²) in [4.78, 5) is 22.7. The van der Waals surface area contributed by atoms with Crippen molar-refractivity contribution in [3.05, 3.63) is 54.1 Å². The topological polar surface area (TPSA) is 79.5 Å². The molecule has 2 aromatic rings. The first kappa shape index (κ1) is 16.4. The zero-order valence-corrected chi connectivity index (χ0v) is 13.1. The van der Waals surface area contributed by atoms with Gasteiger partial charge in [-0.3, -0.25) is 15.5 Å². The maximum atomic E-state index is 11.8. The van der Waals surface area contributed by atoms with Crippen molar-refractivity contribution in [3.63, 3.8) is 0 Å². The number of fused-ring (bicyclic) bond motifs is 1. The van der Waals surface area contributed by atoms with Gasteiger partial charge in [-0.1, -0.05) is 42.5 Å².